The van der Waals surface area contributed by atoms with Crippen LogP contribution >= 0.6 is 0 Å². The van der Waals surface area contributed by atoms with Crippen molar-refractivity contribution in [3.8, 4) is 11.3 Å². The second-order valence-electron chi connectivity index (χ2n) is 5.44. The van der Waals surface area contributed by atoms with Gasteiger partial charge in [0.15, 0.2) is 5.82 Å². The molecule has 0 unspecified atom stereocenters. The van der Waals surface area contributed by atoms with Crippen molar-refractivity contribution in [2.45, 2.75) is 13.0 Å². The van der Waals surface area contributed by atoms with E-state index in [1.54, 1.807) is 6.20 Å². The van der Waals surface area contributed by atoms with Gasteiger partial charge in [-0.1, -0.05) is 48.5 Å². The maximum atomic E-state index is 4.64. The summed E-state index contributed by atoms with van der Waals surface area (Å²) < 4.78 is 2.23. The Balaban J connectivity index is 1.55. The highest BCUT2D eigenvalue weighted by molar-refractivity contribution is 5.79. The molecule has 112 valence electrons. The molecule has 4 heteroatoms. The van der Waals surface area contributed by atoms with Crippen LogP contribution in [0.4, 0.5) is 0 Å². The summed E-state index contributed by atoms with van der Waals surface area (Å²) in [4.78, 5) is 4.64. The highest BCUT2D eigenvalue weighted by Crippen LogP contribution is 2.17. The minimum Gasteiger partial charge on any atom is -0.347 e. The van der Waals surface area contributed by atoms with Gasteiger partial charge in [-0.05, 0) is 17.5 Å². The fraction of sp³-hybridized carbons (Fsp3) is 0.105. The van der Waals surface area contributed by atoms with Crippen molar-refractivity contribution in [1.29, 1.82) is 0 Å². The first-order valence-corrected chi connectivity index (χ1v) is 7.68. The maximum Gasteiger partial charge on any atom is 0.153 e. The van der Waals surface area contributed by atoms with Crippen LogP contribution in [-0.2, 0) is 13.0 Å². The molecule has 2 aromatic heterocycles. The lowest BCUT2D eigenvalue weighted by Gasteiger charge is -2.06. The van der Waals surface area contributed by atoms with Gasteiger partial charge >= 0.3 is 0 Å². The predicted molar refractivity (Wildman–Crippen MR) is 90.9 cm³/mol. The molecule has 2 aromatic carbocycles. The van der Waals surface area contributed by atoms with E-state index in [2.05, 4.69) is 56.3 Å². The Labute approximate surface area is 134 Å². The predicted octanol–water partition coefficient (Wildman–Crippen LogP) is 3.74. The molecule has 0 aliphatic heterocycles. The molecule has 0 aliphatic carbocycles. The van der Waals surface area contributed by atoms with E-state index in [1.165, 1.54) is 10.9 Å². The molecule has 0 atom stereocenters. The van der Waals surface area contributed by atoms with Gasteiger partial charge in [0.25, 0.3) is 0 Å². The van der Waals surface area contributed by atoms with Crippen LogP contribution in [0.25, 0.3) is 22.2 Å². The Bertz CT molecular complexity index is 928. The number of aromatic nitrogens is 4. The van der Waals surface area contributed by atoms with E-state index in [0.717, 1.165) is 30.0 Å². The molecule has 4 rings (SSSR count). The molecular formula is C19H16N4. The summed E-state index contributed by atoms with van der Waals surface area (Å²) in [5.74, 6) is 0.768. The fourth-order valence-electron chi connectivity index (χ4n) is 2.75. The third kappa shape index (κ3) is 2.83. The molecule has 0 saturated carbocycles. The zero-order valence-electron chi connectivity index (χ0n) is 12.6. The Morgan fingerprint density at radius 3 is 2.61 bits per heavy atom. The number of aryl methyl sites for hydroxylation is 2. The van der Waals surface area contributed by atoms with Crippen molar-refractivity contribution in [2.24, 2.45) is 0 Å². The van der Waals surface area contributed by atoms with Crippen LogP contribution in [0, 0.1) is 0 Å². The van der Waals surface area contributed by atoms with E-state index < -0.39 is 0 Å². The van der Waals surface area contributed by atoms with Gasteiger partial charge in [-0.3, -0.25) is 0 Å². The standard InChI is InChI=1S/C19H16N4/c1-2-6-15(7-3-1)17-14-20-22-19(21-17)11-13-23-12-10-16-8-4-5-9-18(16)23/h1-10,12,14H,11,13H2. The third-order valence-electron chi connectivity index (χ3n) is 3.93. The molecule has 0 radical (unpaired) electrons. The first-order chi connectivity index (χ1) is 11.4. The Morgan fingerprint density at radius 2 is 1.70 bits per heavy atom. The number of hydrogen-bond donors (Lipinski definition) is 0. The molecule has 0 fully saturated rings. The van der Waals surface area contributed by atoms with E-state index >= 15 is 0 Å². The molecular weight excluding hydrogens is 284 g/mol. The van der Waals surface area contributed by atoms with Crippen molar-refractivity contribution in [2.75, 3.05) is 0 Å². The van der Waals surface area contributed by atoms with E-state index in [-0.39, 0.29) is 0 Å². The second-order valence-corrected chi connectivity index (χ2v) is 5.44. The fourth-order valence-corrected chi connectivity index (χ4v) is 2.75. The van der Waals surface area contributed by atoms with E-state index in [0.29, 0.717) is 0 Å². The Morgan fingerprint density at radius 1 is 0.870 bits per heavy atom. The van der Waals surface area contributed by atoms with Crippen LogP contribution in [0.3, 0.4) is 0 Å². The average Bonchev–Trinajstić information content (AvgIpc) is 3.04. The van der Waals surface area contributed by atoms with Gasteiger partial charge in [0.05, 0.1) is 11.9 Å². The molecule has 0 aliphatic rings. The number of nitrogens with zero attached hydrogens (tertiary/aromatic N) is 4. The second kappa shape index (κ2) is 6.01. The average molecular weight is 300 g/mol. The number of para-hydroxylation sites is 1. The lowest BCUT2D eigenvalue weighted by Crippen LogP contribution is -2.05. The zero-order chi connectivity index (χ0) is 15.5. The van der Waals surface area contributed by atoms with E-state index in [1.807, 2.05) is 30.3 Å². The minimum atomic E-state index is 0.756. The smallest absolute Gasteiger partial charge is 0.153 e. The van der Waals surface area contributed by atoms with Crippen LogP contribution in [0.15, 0.2) is 73.1 Å². The zero-order valence-corrected chi connectivity index (χ0v) is 12.6. The van der Waals surface area contributed by atoms with Gasteiger partial charge in [0, 0.05) is 30.2 Å². The summed E-state index contributed by atoms with van der Waals surface area (Å²) in [7, 11) is 0. The van der Waals surface area contributed by atoms with Gasteiger partial charge < -0.3 is 4.57 Å². The van der Waals surface area contributed by atoms with Crippen molar-refractivity contribution in [1.82, 2.24) is 19.7 Å². The molecule has 4 aromatic rings. The first-order valence-electron chi connectivity index (χ1n) is 7.68. The van der Waals surface area contributed by atoms with Crippen LogP contribution in [0.5, 0.6) is 0 Å². The summed E-state index contributed by atoms with van der Waals surface area (Å²) in [6.07, 6.45) is 4.58. The molecule has 4 nitrogen and oxygen atoms in total. The van der Waals surface area contributed by atoms with Gasteiger partial charge in [-0.25, -0.2) is 4.98 Å². The summed E-state index contributed by atoms with van der Waals surface area (Å²) in [5.41, 5.74) is 3.17. The number of benzene rings is 2. The monoisotopic (exact) mass is 300 g/mol. The lowest BCUT2D eigenvalue weighted by atomic mass is 10.2. The van der Waals surface area contributed by atoms with Crippen molar-refractivity contribution >= 4 is 10.9 Å². The van der Waals surface area contributed by atoms with Crippen LogP contribution in [-0.4, -0.2) is 19.7 Å². The molecule has 0 spiro atoms. The van der Waals surface area contributed by atoms with Gasteiger partial charge in [-0.2, -0.15) is 5.10 Å². The van der Waals surface area contributed by atoms with Gasteiger partial charge in [0.1, 0.15) is 0 Å². The van der Waals surface area contributed by atoms with Crippen molar-refractivity contribution < 1.29 is 0 Å². The quantitative estimate of drug-likeness (QED) is 0.576. The largest absolute Gasteiger partial charge is 0.347 e. The Hall–Kier alpha value is -3.01. The lowest BCUT2D eigenvalue weighted by molar-refractivity contribution is 0.680. The summed E-state index contributed by atoms with van der Waals surface area (Å²) in [5, 5.41) is 9.53. The molecule has 0 saturated heterocycles. The molecule has 0 N–H and O–H groups in total. The molecule has 23 heavy (non-hydrogen) atoms. The van der Waals surface area contributed by atoms with Crippen molar-refractivity contribution in [3.63, 3.8) is 0 Å². The number of fused-ring (bicyclic) bond motifs is 1. The van der Waals surface area contributed by atoms with Crippen LogP contribution in [0.2, 0.25) is 0 Å². The third-order valence-corrected chi connectivity index (χ3v) is 3.93. The van der Waals surface area contributed by atoms with Crippen LogP contribution < -0.4 is 0 Å². The van der Waals surface area contributed by atoms with E-state index in [9.17, 15) is 0 Å². The summed E-state index contributed by atoms with van der Waals surface area (Å²) in [6, 6.07) is 20.6. The summed E-state index contributed by atoms with van der Waals surface area (Å²) >= 11 is 0. The number of rotatable bonds is 4. The molecule has 0 amide bonds. The highest BCUT2D eigenvalue weighted by atomic mass is 15.1. The normalized spacial score (nSPS) is 11.0. The van der Waals surface area contributed by atoms with Crippen molar-refractivity contribution in [3.05, 3.63) is 78.9 Å². The maximum absolute atomic E-state index is 4.64. The molecule has 0 bridgehead atoms. The first kappa shape index (κ1) is 13.6. The van der Waals surface area contributed by atoms with Gasteiger partial charge in [0.2, 0.25) is 0 Å². The topological polar surface area (TPSA) is 43.6 Å². The molecule has 2 heterocycles. The highest BCUT2D eigenvalue weighted by Gasteiger charge is 2.05. The van der Waals surface area contributed by atoms with E-state index in [4.69, 9.17) is 0 Å². The Kier molecular flexibility index (Phi) is 3.56. The SMILES string of the molecule is c1ccc(-c2cnnc(CCn3ccc4ccccc43)n2)cc1. The van der Waals surface area contributed by atoms with Crippen LogP contribution in [0.1, 0.15) is 5.82 Å². The van der Waals surface area contributed by atoms with Gasteiger partial charge in [-0.15, -0.1) is 5.10 Å². The minimum absolute atomic E-state index is 0.756. The number of hydrogen-bond acceptors (Lipinski definition) is 3. The summed E-state index contributed by atoms with van der Waals surface area (Å²) in [6.45, 7) is 0.841.